The molecule has 24 heavy (non-hydrogen) atoms. The van der Waals surface area contributed by atoms with Crippen molar-refractivity contribution in [2.24, 2.45) is 0 Å². The van der Waals surface area contributed by atoms with Gasteiger partial charge in [0.1, 0.15) is 5.82 Å². The van der Waals surface area contributed by atoms with Crippen LogP contribution < -0.4 is 5.32 Å². The minimum absolute atomic E-state index is 0.0206. The first-order valence-corrected chi connectivity index (χ1v) is 6.27. The Kier molecular flexibility index (Phi) is 4.45. The number of benzene rings is 1. The van der Waals surface area contributed by atoms with Gasteiger partial charge in [0.15, 0.2) is 0 Å². The fourth-order valence-corrected chi connectivity index (χ4v) is 1.87. The molecular weight excluding hydrogens is 344 g/mol. The number of amides is 1. The van der Waals surface area contributed by atoms with Crippen LogP contribution >= 0.6 is 0 Å². The van der Waals surface area contributed by atoms with E-state index in [1.54, 1.807) is 0 Å². The number of hydrogen-bond donors (Lipinski definition) is 3. The summed E-state index contributed by atoms with van der Waals surface area (Å²) in [5.74, 6) is 0.0402. The van der Waals surface area contributed by atoms with Crippen LogP contribution in [-0.4, -0.2) is 21.2 Å². The smallest absolute Gasteiger partial charge is 0.416 e. The lowest BCUT2D eigenvalue weighted by atomic mass is 10.0. The molecule has 0 saturated heterocycles. The number of halogens is 6. The first kappa shape index (κ1) is 17.6. The number of hydrogen-bond acceptors (Lipinski definition) is 2. The van der Waals surface area contributed by atoms with Crippen LogP contribution in [0.4, 0.5) is 31.1 Å². The van der Waals surface area contributed by atoms with Crippen molar-refractivity contribution in [1.29, 1.82) is 0 Å². The van der Waals surface area contributed by atoms with Gasteiger partial charge in [0.2, 0.25) is 0 Å². The number of carbonyl (C=O) groups is 1. The zero-order chi connectivity index (χ0) is 18.1. The molecule has 0 atom stereocenters. The molecule has 0 aliphatic rings. The molecule has 0 saturated carbocycles. The second-order valence-corrected chi connectivity index (χ2v) is 4.70. The van der Waals surface area contributed by atoms with Gasteiger partial charge in [-0.25, -0.2) is 9.78 Å². The molecule has 1 amide bonds. The Morgan fingerprint density at radius 2 is 1.62 bits per heavy atom. The minimum Gasteiger partial charge on any atom is -0.465 e. The summed E-state index contributed by atoms with van der Waals surface area (Å²) < 4.78 is 76.8. The van der Waals surface area contributed by atoms with Gasteiger partial charge in [-0.1, -0.05) is 0 Å². The first-order chi connectivity index (χ1) is 11.0. The van der Waals surface area contributed by atoms with Gasteiger partial charge < -0.3 is 15.4 Å². The van der Waals surface area contributed by atoms with Gasteiger partial charge >= 0.3 is 18.4 Å². The molecule has 2 rings (SSSR count). The summed E-state index contributed by atoms with van der Waals surface area (Å²) in [5.41, 5.74) is -3.38. The quantitative estimate of drug-likeness (QED) is 0.733. The average molecular weight is 353 g/mol. The molecule has 130 valence electrons. The Labute approximate surface area is 130 Å². The highest BCUT2D eigenvalue weighted by Gasteiger charge is 2.37. The molecular formula is C13H9F6N3O2. The van der Waals surface area contributed by atoms with Crippen LogP contribution in [0.3, 0.4) is 0 Å². The van der Waals surface area contributed by atoms with Gasteiger partial charge in [-0.3, -0.25) is 0 Å². The monoisotopic (exact) mass is 353 g/mol. The van der Waals surface area contributed by atoms with E-state index in [1.165, 1.54) is 0 Å². The van der Waals surface area contributed by atoms with Gasteiger partial charge in [0.05, 0.1) is 29.6 Å². The van der Waals surface area contributed by atoms with Crippen molar-refractivity contribution in [1.82, 2.24) is 15.3 Å². The van der Waals surface area contributed by atoms with Crippen molar-refractivity contribution in [3.8, 4) is 11.3 Å². The van der Waals surface area contributed by atoms with E-state index < -0.39 is 29.6 Å². The summed E-state index contributed by atoms with van der Waals surface area (Å²) in [6.45, 7) is -0.277. The van der Waals surface area contributed by atoms with Crippen LogP contribution in [-0.2, 0) is 18.9 Å². The maximum absolute atomic E-state index is 12.8. The Hall–Kier alpha value is -2.72. The number of nitrogens with one attached hydrogen (secondary N) is 2. The maximum atomic E-state index is 12.8. The second-order valence-electron chi connectivity index (χ2n) is 4.70. The Balaban J connectivity index is 2.44. The van der Waals surface area contributed by atoms with Crippen molar-refractivity contribution >= 4 is 6.09 Å². The molecule has 0 bridgehead atoms. The predicted molar refractivity (Wildman–Crippen MR) is 68.9 cm³/mol. The summed E-state index contributed by atoms with van der Waals surface area (Å²) in [4.78, 5) is 16.5. The number of rotatable bonds is 3. The zero-order valence-electron chi connectivity index (χ0n) is 11.6. The SMILES string of the molecule is O=C(O)NCc1ncc(-c2cc(C(F)(F)F)cc(C(F)(F)F)c2)[nH]1. The molecule has 0 fully saturated rings. The lowest BCUT2D eigenvalue weighted by Gasteiger charge is -2.13. The topological polar surface area (TPSA) is 78.0 Å². The fraction of sp³-hybridized carbons (Fsp3) is 0.231. The van der Waals surface area contributed by atoms with E-state index >= 15 is 0 Å². The van der Waals surface area contributed by atoms with Crippen LogP contribution in [0.25, 0.3) is 11.3 Å². The van der Waals surface area contributed by atoms with Crippen LogP contribution in [0.5, 0.6) is 0 Å². The fourth-order valence-electron chi connectivity index (χ4n) is 1.87. The number of aromatic amines is 1. The third-order valence-electron chi connectivity index (χ3n) is 2.93. The number of nitrogens with zero attached hydrogens (tertiary/aromatic N) is 1. The van der Waals surface area contributed by atoms with Crippen molar-refractivity contribution in [2.75, 3.05) is 0 Å². The molecule has 0 unspecified atom stereocenters. The Morgan fingerprint density at radius 1 is 1.08 bits per heavy atom. The van der Waals surface area contributed by atoms with Crippen LogP contribution in [0, 0.1) is 0 Å². The van der Waals surface area contributed by atoms with Crippen molar-refractivity contribution in [3.63, 3.8) is 0 Å². The molecule has 5 nitrogen and oxygen atoms in total. The van der Waals surface area contributed by atoms with Gasteiger partial charge in [0.25, 0.3) is 0 Å². The van der Waals surface area contributed by atoms with E-state index in [0.717, 1.165) is 6.20 Å². The van der Waals surface area contributed by atoms with Crippen molar-refractivity contribution in [2.45, 2.75) is 18.9 Å². The van der Waals surface area contributed by atoms with E-state index in [0.29, 0.717) is 12.1 Å². The number of H-pyrrole nitrogens is 1. The molecule has 11 heteroatoms. The Bertz CT molecular complexity index is 719. The minimum atomic E-state index is -4.95. The van der Waals surface area contributed by atoms with Crippen LogP contribution in [0.15, 0.2) is 24.4 Å². The molecule has 0 radical (unpaired) electrons. The van der Waals surface area contributed by atoms with Gasteiger partial charge in [0, 0.05) is 5.56 Å². The summed E-state index contributed by atoms with van der Waals surface area (Å²) in [6, 6.07) is 1.13. The van der Waals surface area contributed by atoms with E-state index in [1.807, 2.05) is 5.32 Å². The Morgan fingerprint density at radius 3 is 2.08 bits per heavy atom. The molecule has 1 aromatic heterocycles. The van der Waals surface area contributed by atoms with Crippen LogP contribution in [0.1, 0.15) is 17.0 Å². The van der Waals surface area contributed by atoms with E-state index in [9.17, 15) is 31.1 Å². The lowest BCUT2D eigenvalue weighted by molar-refractivity contribution is -0.143. The lowest BCUT2D eigenvalue weighted by Crippen LogP contribution is -2.20. The van der Waals surface area contributed by atoms with Gasteiger partial charge in [-0.2, -0.15) is 26.3 Å². The molecule has 0 aliphatic heterocycles. The number of imidazole rings is 1. The first-order valence-electron chi connectivity index (χ1n) is 6.27. The molecule has 3 N–H and O–H groups in total. The highest BCUT2D eigenvalue weighted by Crippen LogP contribution is 2.38. The highest BCUT2D eigenvalue weighted by molar-refractivity contribution is 5.64. The molecule has 0 spiro atoms. The normalized spacial score (nSPS) is 12.2. The van der Waals surface area contributed by atoms with Crippen molar-refractivity contribution in [3.05, 3.63) is 41.3 Å². The summed E-state index contributed by atoms with van der Waals surface area (Å²) >= 11 is 0. The molecule has 0 aliphatic carbocycles. The van der Waals surface area contributed by atoms with Gasteiger partial charge in [-0.15, -0.1) is 0 Å². The summed E-state index contributed by atoms with van der Waals surface area (Å²) in [7, 11) is 0. The van der Waals surface area contributed by atoms with E-state index in [-0.39, 0.29) is 29.7 Å². The summed E-state index contributed by atoms with van der Waals surface area (Å²) in [5, 5.41) is 10.4. The predicted octanol–water partition coefficient (Wildman–Crippen LogP) is 3.88. The standard InChI is InChI=1S/C13H9F6N3O2/c14-12(15,16)7-1-6(2-8(3-7)13(17,18)19)9-4-20-10(22-9)5-21-11(23)24/h1-4,21H,5H2,(H,20,22)(H,23,24). The molecule has 1 aromatic carbocycles. The van der Waals surface area contributed by atoms with Crippen molar-refractivity contribution < 1.29 is 36.2 Å². The largest absolute Gasteiger partial charge is 0.465 e. The van der Waals surface area contributed by atoms with Crippen LogP contribution in [0.2, 0.25) is 0 Å². The number of carboxylic acid groups (broad SMARTS) is 1. The summed E-state index contributed by atoms with van der Waals surface area (Å²) in [6.07, 6.45) is -10.2. The zero-order valence-corrected chi connectivity index (χ0v) is 11.6. The second kappa shape index (κ2) is 6.06. The maximum Gasteiger partial charge on any atom is 0.416 e. The average Bonchev–Trinajstić information content (AvgIpc) is 2.91. The third kappa shape index (κ3) is 4.18. The molecule has 1 heterocycles. The van der Waals surface area contributed by atoms with E-state index in [4.69, 9.17) is 5.11 Å². The van der Waals surface area contributed by atoms with E-state index in [2.05, 4.69) is 9.97 Å². The third-order valence-corrected chi connectivity index (χ3v) is 2.93. The highest BCUT2D eigenvalue weighted by atomic mass is 19.4. The number of aromatic nitrogens is 2. The molecule has 2 aromatic rings. The van der Waals surface area contributed by atoms with Gasteiger partial charge in [-0.05, 0) is 18.2 Å². The number of alkyl halides is 6.